The molecule has 0 N–H and O–H groups in total. The minimum atomic E-state index is -0.519. The van der Waals surface area contributed by atoms with Crippen molar-refractivity contribution in [3.63, 3.8) is 0 Å². The molecule has 2 aliphatic heterocycles. The molecule has 2 saturated heterocycles. The third-order valence-corrected chi connectivity index (χ3v) is 4.17. The van der Waals surface area contributed by atoms with E-state index in [4.69, 9.17) is 9.47 Å². The van der Waals surface area contributed by atoms with E-state index in [9.17, 15) is 14.9 Å². The van der Waals surface area contributed by atoms with Crippen LogP contribution in [-0.2, 0) is 15.1 Å². The first-order valence-electron chi connectivity index (χ1n) is 7.62. The van der Waals surface area contributed by atoms with Gasteiger partial charge in [0, 0.05) is 25.1 Å². The fourth-order valence-corrected chi connectivity index (χ4v) is 2.97. The van der Waals surface area contributed by atoms with Crippen LogP contribution in [0.3, 0.4) is 0 Å². The summed E-state index contributed by atoms with van der Waals surface area (Å²) in [5, 5.41) is 10.7. The second-order valence-corrected chi connectivity index (χ2v) is 6.98. The predicted molar refractivity (Wildman–Crippen MR) is 82.1 cm³/mol. The third-order valence-electron chi connectivity index (χ3n) is 4.17. The highest BCUT2D eigenvalue weighted by molar-refractivity contribution is 5.68. The Morgan fingerprint density at radius 2 is 2.04 bits per heavy atom. The largest absolute Gasteiger partial charge is 0.444 e. The van der Waals surface area contributed by atoms with Gasteiger partial charge in [0.25, 0.3) is 5.69 Å². The molecule has 0 bridgehead atoms. The predicted octanol–water partition coefficient (Wildman–Crippen LogP) is 2.83. The number of rotatable bonds is 2. The lowest BCUT2D eigenvalue weighted by Gasteiger charge is -2.31. The topological polar surface area (TPSA) is 85.2 Å². The number of nitro groups is 1. The molecule has 0 radical (unpaired) electrons. The molecule has 7 nitrogen and oxygen atoms in total. The Hall–Kier alpha value is -2.15. The molecule has 2 atom stereocenters. The van der Waals surface area contributed by atoms with Crippen LogP contribution in [0.2, 0.25) is 0 Å². The molecule has 2 heterocycles. The van der Waals surface area contributed by atoms with Crippen molar-refractivity contribution in [2.75, 3.05) is 13.1 Å². The van der Waals surface area contributed by atoms with Crippen molar-refractivity contribution in [3.05, 3.63) is 39.9 Å². The second kappa shape index (κ2) is 5.19. The maximum absolute atomic E-state index is 12.1. The van der Waals surface area contributed by atoms with Crippen LogP contribution in [0.25, 0.3) is 0 Å². The number of hydrogen-bond donors (Lipinski definition) is 0. The zero-order valence-corrected chi connectivity index (χ0v) is 13.4. The van der Waals surface area contributed by atoms with Gasteiger partial charge in [0.1, 0.15) is 17.3 Å². The third kappa shape index (κ3) is 3.01. The first-order valence-corrected chi connectivity index (χ1v) is 7.62. The monoisotopic (exact) mass is 320 g/mol. The zero-order valence-electron chi connectivity index (χ0n) is 13.4. The lowest BCUT2D eigenvalue weighted by molar-refractivity contribution is -0.384. The van der Waals surface area contributed by atoms with Gasteiger partial charge in [-0.15, -0.1) is 0 Å². The summed E-state index contributed by atoms with van der Waals surface area (Å²) >= 11 is 0. The normalized spacial score (nSPS) is 26.4. The average Bonchev–Trinajstić information content (AvgIpc) is 3.20. The smallest absolute Gasteiger partial charge is 0.410 e. The molecule has 0 aromatic heterocycles. The summed E-state index contributed by atoms with van der Waals surface area (Å²) in [4.78, 5) is 24.1. The maximum Gasteiger partial charge on any atom is 0.410 e. The van der Waals surface area contributed by atoms with Gasteiger partial charge in [-0.05, 0) is 38.5 Å². The molecular weight excluding hydrogens is 300 g/mol. The summed E-state index contributed by atoms with van der Waals surface area (Å²) in [5.74, 6) is 0. The first-order chi connectivity index (χ1) is 10.7. The zero-order chi connectivity index (χ0) is 16.8. The number of benzene rings is 1. The number of ether oxygens (including phenoxy) is 2. The van der Waals surface area contributed by atoms with Gasteiger partial charge in [0.05, 0.1) is 11.5 Å². The average molecular weight is 320 g/mol. The van der Waals surface area contributed by atoms with Crippen LogP contribution >= 0.6 is 0 Å². The number of carbonyl (C=O) groups excluding carboxylic acids is 1. The molecule has 7 heteroatoms. The highest BCUT2D eigenvalue weighted by Crippen LogP contribution is 2.52. The second-order valence-electron chi connectivity index (χ2n) is 6.98. The quantitative estimate of drug-likeness (QED) is 0.475. The summed E-state index contributed by atoms with van der Waals surface area (Å²) in [6.45, 7) is 6.53. The van der Waals surface area contributed by atoms with E-state index in [0.717, 1.165) is 5.56 Å². The van der Waals surface area contributed by atoms with E-state index in [1.165, 1.54) is 12.1 Å². The van der Waals surface area contributed by atoms with Crippen LogP contribution in [-0.4, -0.2) is 40.7 Å². The highest BCUT2D eigenvalue weighted by atomic mass is 16.6. The van der Waals surface area contributed by atoms with Crippen LogP contribution in [0.1, 0.15) is 32.8 Å². The molecule has 3 rings (SSSR count). The molecule has 1 aromatic rings. The minimum absolute atomic E-state index is 0.0635. The Morgan fingerprint density at radius 3 is 2.57 bits per heavy atom. The molecule has 1 amide bonds. The lowest BCUT2D eigenvalue weighted by Crippen LogP contribution is -2.44. The van der Waals surface area contributed by atoms with E-state index in [-0.39, 0.29) is 17.9 Å². The van der Waals surface area contributed by atoms with Crippen molar-refractivity contribution in [2.24, 2.45) is 0 Å². The summed E-state index contributed by atoms with van der Waals surface area (Å²) in [6.07, 6.45) is 0.255. The molecule has 0 saturated carbocycles. The number of epoxide rings is 1. The molecule has 1 aromatic carbocycles. The van der Waals surface area contributed by atoms with Gasteiger partial charge in [-0.3, -0.25) is 10.1 Å². The van der Waals surface area contributed by atoms with E-state index < -0.39 is 16.1 Å². The number of nitrogens with zero attached hydrogens (tertiary/aromatic N) is 2. The fraction of sp³-hybridized carbons (Fsp3) is 0.562. The van der Waals surface area contributed by atoms with Gasteiger partial charge in [-0.25, -0.2) is 4.79 Å². The summed E-state index contributed by atoms with van der Waals surface area (Å²) in [6, 6.07) is 6.45. The number of nitro benzene ring substituents is 1. The standard InChI is InChI=1S/C16H20N2O5/c1-15(2,3)23-14(19)17-9-8-16(13(10-17)22-16)11-4-6-12(7-5-11)18(20)21/h4-7,13H,8-10H2,1-3H3/t13-,16+/m1/s1. The molecule has 124 valence electrons. The van der Waals surface area contributed by atoms with Gasteiger partial charge in [0.2, 0.25) is 0 Å². The SMILES string of the molecule is CC(C)(C)OC(=O)N1CC[C@@]2(c3ccc([N+](=O)[O-])cc3)O[C@@H]2C1. The number of hydrogen-bond acceptors (Lipinski definition) is 5. The van der Waals surface area contributed by atoms with Crippen molar-refractivity contribution in [1.29, 1.82) is 0 Å². The van der Waals surface area contributed by atoms with E-state index in [2.05, 4.69) is 0 Å². The molecular formula is C16H20N2O5. The lowest BCUT2D eigenvalue weighted by atomic mass is 9.89. The van der Waals surface area contributed by atoms with Crippen molar-refractivity contribution in [3.8, 4) is 0 Å². The fourth-order valence-electron chi connectivity index (χ4n) is 2.97. The van der Waals surface area contributed by atoms with Gasteiger partial charge in [0.15, 0.2) is 0 Å². The number of piperidine rings is 1. The Balaban J connectivity index is 1.66. The Labute approximate surface area is 134 Å². The van der Waals surface area contributed by atoms with Gasteiger partial charge in [-0.2, -0.15) is 0 Å². The van der Waals surface area contributed by atoms with E-state index in [1.807, 2.05) is 20.8 Å². The summed E-state index contributed by atoms with van der Waals surface area (Å²) in [7, 11) is 0. The number of carbonyl (C=O) groups is 1. The Kier molecular flexibility index (Phi) is 3.55. The molecule has 0 unspecified atom stereocenters. The van der Waals surface area contributed by atoms with E-state index in [1.54, 1.807) is 17.0 Å². The highest BCUT2D eigenvalue weighted by Gasteiger charge is 2.60. The number of likely N-dealkylation sites (tertiary alicyclic amines) is 1. The van der Waals surface area contributed by atoms with Gasteiger partial charge in [-0.1, -0.05) is 0 Å². The van der Waals surface area contributed by atoms with Crippen molar-refractivity contribution < 1.29 is 19.2 Å². The molecule has 0 aliphatic carbocycles. The van der Waals surface area contributed by atoms with Crippen LogP contribution in [0.4, 0.5) is 10.5 Å². The van der Waals surface area contributed by atoms with Crippen LogP contribution < -0.4 is 0 Å². The van der Waals surface area contributed by atoms with Crippen LogP contribution in [0.15, 0.2) is 24.3 Å². The minimum Gasteiger partial charge on any atom is -0.444 e. The van der Waals surface area contributed by atoms with Gasteiger partial charge >= 0.3 is 6.09 Å². The Morgan fingerprint density at radius 1 is 1.39 bits per heavy atom. The molecule has 2 fully saturated rings. The van der Waals surface area contributed by atoms with Gasteiger partial charge < -0.3 is 14.4 Å². The van der Waals surface area contributed by atoms with Crippen LogP contribution in [0.5, 0.6) is 0 Å². The van der Waals surface area contributed by atoms with E-state index in [0.29, 0.717) is 19.5 Å². The van der Waals surface area contributed by atoms with E-state index >= 15 is 0 Å². The summed E-state index contributed by atoms with van der Waals surface area (Å²) < 4.78 is 11.2. The van der Waals surface area contributed by atoms with Crippen LogP contribution in [0, 0.1) is 10.1 Å². The van der Waals surface area contributed by atoms with Crippen molar-refractivity contribution >= 4 is 11.8 Å². The molecule has 2 aliphatic rings. The molecule has 23 heavy (non-hydrogen) atoms. The number of non-ortho nitro benzene ring substituents is 1. The maximum atomic E-state index is 12.1. The van der Waals surface area contributed by atoms with Crippen molar-refractivity contribution in [1.82, 2.24) is 4.90 Å². The first kappa shape index (κ1) is 15.7. The Bertz CT molecular complexity index is 637. The number of fused-ring (bicyclic) bond motifs is 1. The van der Waals surface area contributed by atoms with Crippen molar-refractivity contribution in [2.45, 2.75) is 44.5 Å². The summed E-state index contributed by atoms with van der Waals surface area (Å²) in [5.41, 5.74) is 0.0626. The number of amides is 1. The molecule has 0 spiro atoms.